The van der Waals surface area contributed by atoms with Crippen LogP contribution in [0, 0.1) is 0 Å². The van der Waals surface area contributed by atoms with E-state index in [1.165, 1.54) is 0 Å². The van der Waals surface area contributed by atoms with Gasteiger partial charge in [0.15, 0.2) is 11.5 Å². The van der Waals surface area contributed by atoms with Crippen LogP contribution in [0.3, 0.4) is 0 Å². The summed E-state index contributed by atoms with van der Waals surface area (Å²) in [5.41, 5.74) is 0.870. The van der Waals surface area contributed by atoms with Crippen LogP contribution in [0.1, 0.15) is 18.1 Å². The molecule has 0 bridgehead atoms. The van der Waals surface area contributed by atoms with Crippen molar-refractivity contribution in [3.63, 3.8) is 0 Å². The van der Waals surface area contributed by atoms with E-state index in [0.717, 1.165) is 23.6 Å². The summed E-state index contributed by atoms with van der Waals surface area (Å²) >= 11 is 0. The lowest BCUT2D eigenvalue weighted by Crippen LogP contribution is -2.11. The summed E-state index contributed by atoms with van der Waals surface area (Å²) in [6.07, 6.45) is 0.239. The van der Waals surface area contributed by atoms with Gasteiger partial charge >= 0.3 is 0 Å². The van der Waals surface area contributed by atoms with Crippen molar-refractivity contribution in [3.05, 3.63) is 23.8 Å². The number of nitrogens with one attached hydrogen (secondary N) is 1. The Bertz CT molecular complexity index is 341. The third-order valence-corrected chi connectivity index (χ3v) is 2.45. The van der Waals surface area contributed by atoms with Crippen LogP contribution in [0.4, 0.5) is 0 Å². The fourth-order valence-electron chi connectivity index (χ4n) is 1.57. The Hall–Kier alpha value is -1.26. The second-order valence-electron chi connectivity index (χ2n) is 3.52. The van der Waals surface area contributed by atoms with Gasteiger partial charge in [-0.15, -0.1) is 0 Å². The molecule has 2 N–H and O–H groups in total. The molecule has 1 aliphatic rings. The lowest BCUT2D eigenvalue weighted by molar-refractivity contribution is 0.165. The molecule has 0 radical (unpaired) electrons. The monoisotopic (exact) mass is 209 g/mol. The highest BCUT2D eigenvalue weighted by Gasteiger charge is 2.16. The molecule has 0 aromatic heterocycles. The molecule has 0 saturated carbocycles. The van der Waals surface area contributed by atoms with Crippen LogP contribution in [0.15, 0.2) is 18.2 Å². The first-order valence-electron chi connectivity index (χ1n) is 5.03. The summed E-state index contributed by atoms with van der Waals surface area (Å²) in [6, 6.07) is 5.54. The molecular formula is C11H15NO3. The van der Waals surface area contributed by atoms with Crippen molar-refractivity contribution >= 4 is 0 Å². The topological polar surface area (TPSA) is 50.7 Å². The van der Waals surface area contributed by atoms with Crippen LogP contribution in [-0.4, -0.2) is 25.5 Å². The van der Waals surface area contributed by atoms with Crippen molar-refractivity contribution < 1.29 is 14.6 Å². The zero-order valence-electron chi connectivity index (χ0n) is 8.69. The first-order chi connectivity index (χ1) is 7.31. The zero-order valence-corrected chi connectivity index (χ0v) is 8.69. The average molecular weight is 209 g/mol. The molecule has 0 amide bonds. The minimum absolute atomic E-state index is 0.269. The molecule has 4 nitrogen and oxygen atoms in total. The fraction of sp³-hybridized carbons (Fsp3) is 0.455. The van der Waals surface area contributed by atoms with Gasteiger partial charge in [0.1, 0.15) is 0 Å². The maximum atomic E-state index is 9.85. The molecule has 0 fully saturated rings. The van der Waals surface area contributed by atoms with Crippen molar-refractivity contribution in [2.75, 3.05) is 20.4 Å². The first-order valence-corrected chi connectivity index (χ1v) is 5.03. The van der Waals surface area contributed by atoms with Gasteiger partial charge in [-0.1, -0.05) is 6.07 Å². The number of aliphatic hydroxyl groups is 1. The van der Waals surface area contributed by atoms with E-state index in [2.05, 4.69) is 5.32 Å². The van der Waals surface area contributed by atoms with Crippen molar-refractivity contribution in [2.45, 2.75) is 12.5 Å². The van der Waals surface area contributed by atoms with E-state index in [1.54, 1.807) is 0 Å². The van der Waals surface area contributed by atoms with Crippen LogP contribution in [0.5, 0.6) is 11.5 Å². The van der Waals surface area contributed by atoms with E-state index in [9.17, 15) is 5.11 Å². The SMILES string of the molecule is CNCCC(O)c1ccc2c(c1)OCO2. The Kier molecular flexibility index (Phi) is 3.08. The number of hydrogen-bond donors (Lipinski definition) is 2. The molecule has 0 saturated heterocycles. The fourth-order valence-corrected chi connectivity index (χ4v) is 1.57. The van der Waals surface area contributed by atoms with E-state index in [4.69, 9.17) is 9.47 Å². The standard InChI is InChI=1S/C11H15NO3/c1-12-5-4-9(13)8-2-3-10-11(6-8)15-7-14-10/h2-3,6,9,12-13H,4-5,7H2,1H3. The van der Waals surface area contributed by atoms with Gasteiger partial charge in [0.2, 0.25) is 6.79 Å². The molecule has 2 rings (SSSR count). The highest BCUT2D eigenvalue weighted by molar-refractivity contribution is 5.45. The third kappa shape index (κ3) is 2.22. The average Bonchev–Trinajstić information content (AvgIpc) is 2.72. The van der Waals surface area contributed by atoms with Crippen LogP contribution >= 0.6 is 0 Å². The van der Waals surface area contributed by atoms with Crippen LogP contribution < -0.4 is 14.8 Å². The van der Waals surface area contributed by atoms with E-state index in [1.807, 2.05) is 25.2 Å². The van der Waals surface area contributed by atoms with Crippen molar-refractivity contribution in [1.82, 2.24) is 5.32 Å². The molecule has 1 heterocycles. The van der Waals surface area contributed by atoms with Gasteiger partial charge in [0.05, 0.1) is 6.10 Å². The summed E-state index contributed by atoms with van der Waals surface area (Å²) < 4.78 is 10.4. The highest BCUT2D eigenvalue weighted by atomic mass is 16.7. The Morgan fingerprint density at radius 3 is 3.00 bits per heavy atom. The first kappa shape index (κ1) is 10.3. The Morgan fingerprint density at radius 1 is 1.40 bits per heavy atom. The molecule has 1 unspecified atom stereocenters. The minimum atomic E-state index is -0.452. The molecule has 1 aliphatic heterocycles. The third-order valence-electron chi connectivity index (χ3n) is 2.45. The smallest absolute Gasteiger partial charge is 0.231 e. The van der Waals surface area contributed by atoms with Gasteiger partial charge in [-0.05, 0) is 37.7 Å². The Labute approximate surface area is 88.8 Å². The molecular weight excluding hydrogens is 194 g/mol. The largest absolute Gasteiger partial charge is 0.454 e. The molecule has 1 aromatic rings. The summed E-state index contributed by atoms with van der Waals surface area (Å²) in [7, 11) is 1.87. The van der Waals surface area contributed by atoms with Gasteiger partial charge in [-0.3, -0.25) is 0 Å². The molecule has 15 heavy (non-hydrogen) atoms. The van der Waals surface area contributed by atoms with Crippen molar-refractivity contribution in [1.29, 1.82) is 0 Å². The Morgan fingerprint density at radius 2 is 2.20 bits per heavy atom. The molecule has 0 aliphatic carbocycles. The van der Waals surface area contributed by atoms with Gasteiger partial charge in [-0.25, -0.2) is 0 Å². The maximum absolute atomic E-state index is 9.85. The van der Waals surface area contributed by atoms with E-state index in [-0.39, 0.29) is 6.79 Å². The molecule has 0 spiro atoms. The molecule has 4 heteroatoms. The molecule has 1 atom stereocenters. The van der Waals surface area contributed by atoms with Gasteiger partial charge < -0.3 is 19.9 Å². The predicted molar refractivity (Wildman–Crippen MR) is 56.1 cm³/mol. The van der Waals surface area contributed by atoms with E-state index < -0.39 is 6.10 Å². The highest BCUT2D eigenvalue weighted by Crippen LogP contribution is 2.34. The van der Waals surface area contributed by atoms with Crippen LogP contribution in [-0.2, 0) is 0 Å². The van der Waals surface area contributed by atoms with Gasteiger partial charge in [-0.2, -0.15) is 0 Å². The van der Waals surface area contributed by atoms with E-state index in [0.29, 0.717) is 6.42 Å². The Balaban J connectivity index is 2.08. The van der Waals surface area contributed by atoms with Gasteiger partial charge in [0.25, 0.3) is 0 Å². The second-order valence-corrected chi connectivity index (χ2v) is 3.52. The predicted octanol–water partition coefficient (Wildman–Crippen LogP) is 1.06. The number of benzene rings is 1. The number of rotatable bonds is 4. The number of hydrogen-bond acceptors (Lipinski definition) is 4. The zero-order chi connectivity index (χ0) is 10.7. The van der Waals surface area contributed by atoms with Crippen molar-refractivity contribution in [2.24, 2.45) is 0 Å². The van der Waals surface area contributed by atoms with E-state index >= 15 is 0 Å². The molecule has 82 valence electrons. The lowest BCUT2D eigenvalue weighted by Gasteiger charge is -2.10. The summed E-state index contributed by atoms with van der Waals surface area (Å²) in [5.74, 6) is 1.47. The lowest BCUT2D eigenvalue weighted by atomic mass is 10.1. The second kappa shape index (κ2) is 4.51. The summed E-state index contributed by atoms with van der Waals surface area (Å²) in [6.45, 7) is 1.06. The number of aliphatic hydroxyl groups excluding tert-OH is 1. The van der Waals surface area contributed by atoms with Crippen LogP contribution in [0.2, 0.25) is 0 Å². The normalized spacial score (nSPS) is 15.3. The summed E-state index contributed by atoms with van der Waals surface area (Å²) in [4.78, 5) is 0. The van der Waals surface area contributed by atoms with Crippen LogP contribution in [0.25, 0.3) is 0 Å². The number of ether oxygens (including phenoxy) is 2. The minimum Gasteiger partial charge on any atom is -0.454 e. The molecule has 1 aromatic carbocycles. The number of fused-ring (bicyclic) bond motifs is 1. The summed E-state index contributed by atoms with van der Waals surface area (Å²) in [5, 5.41) is 12.9. The van der Waals surface area contributed by atoms with Crippen molar-refractivity contribution in [3.8, 4) is 11.5 Å². The maximum Gasteiger partial charge on any atom is 0.231 e. The van der Waals surface area contributed by atoms with Gasteiger partial charge in [0, 0.05) is 0 Å². The quantitative estimate of drug-likeness (QED) is 0.778.